The van der Waals surface area contributed by atoms with Crippen LogP contribution >= 0.6 is 11.6 Å². The van der Waals surface area contributed by atoms with E-state index < -0.39 is 10.8 Å². The van der Waals surface area contributed by atoms with E-state index >= 15 is 0 Å². The molecule has 1 N–H and O–H groups in total. The fraction of sp³-hybridized carbons (Fsp3) is 0.158. The minimum Gasteiger partial charge on any atom is -0.497 e. The third-order valence-corrected chi connectivity index (χ3v) is 5.78. The van der Waals surface area contributed by atoms with Crippen molar-refractivity contribution in [2.75, 3.05) is 12.4 Å². The summed E-state index contributed by atoms with van der Waals surface area (Å²) in [6.07, 6.45) is 0. The second kappa shape index (κ2) is 7.17. The average molecular weight is 402 g/mol. The minimum atomic E-state index is -0.995. The van der Waals surface area contributed by atoms with E-state index in [1.807, 2.05) is 24.3 Å². The van der Waals surface area contributed by atoms with Crippen LogP contribution in [0, 0.1) is 0 Å². The summed E-state index contributed by atoms with van der Waals surface area (Å²) in [5.74, 6) is 1.76. The van der Waals surface area contributed by atoms with Gasteiger partial charge in [0.1, 0.15) is 11.6 Å². The van der Waals surface area contributed by atoms with Crippen LogP contribution in [0.4, 0.5) is 5.82 Å². The van der Waals surface area contributed by atoms with Crippen molar-refractivity contribution in [3.8, 4) is 11.4 Å². The van der Waals surface area contributed by atoms with E-state index in [1.54, 1.807) is 36.1 Å². The predicted molar refractivity (Wildman–Crippen MR) is 105 cm³/mol. The Labute approximate surface area is 163 Å². The van der Waals surface area contributed by atoms with Crippen molar-refractivity contribution in [2.45, 2.75) is 11.5 Å². The van der Waals surface area contributed by atoms with Crippen molar-refractivity contribution in [1.82, 2.24) is 9.78 Å². The Kier molecular flexibility index (Phi) is 4.72. The number of amides is 1. The van der Waals surface area contributed by atoms with E-state index in [0.717, 1.165) is 22.7 Å². The number of nitrogens with one attached hydrogen (secondary N) is 1. The fourth-order valence-corrected chi connectivity index (χ4v) is 4.34. The monoisotopic (exact) mass is 401 g/mol. The standard InChI is InChI=1S/C19H16ClN3O3S/c1-26-15-8-6-14(7-9-15)23-18(16-10-27(25)11-17(16)22-23)21-19(24)12-2-4-13(20)5-3-12/h2-9H,10-11H2,1H3,(H,21,24)/t27-/m1/s1. The number of anilines is 1. The molecule has 1 aromatic heterocycles. The van der Waals surface area contributed by atoms with Crippen molar-refractivity contribution in [3.05, 3.63) is 70.4 Å². The summed E-state index contributed by atoms with van der Waals surface area (Å²) in [7, 11) is 0.606. The molecule has 138 valence electrons. The molecule has 1 amide bonds. The zero-order valence-corrected chi connectivity index (χ0v) is 16.0. The van der Waals surface area contributed by atoms with E-state index in [4.69, 9.17) is 16.3 Å². The smallest absolute Gasteiger partial charge is 0.256 e. The summed E-state index contributed by atoms with van der Waals surface area (Å²) in [5, 5.41) is 8.06. The third-order valence-electron chi connectivity index (χ3n) is 4.33. The molecule has 1 aliphatic rings. The molecule has 0 spiro atoms. The molecule has 1 atom stereocenters. The maximum absolute atomic E-state index is 12.7. The normalized spacial score (nSPS) is 15.4. The number of benzene rings is 2. The SMILES string of the molecule is COc1ccc(-n2nc3c(c2NC(=O)c2ccc(Cl)cc2)C[S@@](=O)C3)cc1. The van der Waals surface area contributed by atoms with Crippen LogP contribution in [0.3, 0.4) is 0 Å². The van der Waals surface area contributed by atoms with Crippen LogP contribution in [0.5, 0.6) is 5.75 Å². The van der Waals surface area contributed by atoms with Gasteiger partial charge in [0.05, 0.1) is 30.0 Å². The molecular weight excluding hydrogens is 386 g/mol. The summed E-state index contributed by atoms with van der Waals surface area (Å²) in [6, 6.07) is 14.0. The molecule has 0 fully saturated rings. The number of carbonyl (C=O) groups excluding carboxylic acids is 1. The first-order valence-corrected chi connectivity index (χ1v) is 10.1. The number of hydrogen-bond acceptors (Lipinski definition) is 4. The van der Waals surface area contributed by atoms with Crippen molar-refractivity contribution < 1.29 is 13.7 Å². The Bertz CT molecular complexity index is 1030. The van der Waals surface area contributed by atoms with Crippen LogP contribution < -0.4 is 10.1 Å². The van der Waals surface area contributed by atoms with Gasteiger partial charge < -0.3 is 10.1 Å². The van der Waals surface area contributed by atoms with E-state index in [-0.39, 0.29) is 5.91 Å². The van der Waals surface area contributed by atoms with Crippen LogP contribution in [0.15, 0.2) is 48.5 Å². The van der Waals surface area contributed by atoms with Crippen LogP contribution in [0.1, 0.15) is 21.6 Å². The molecule has 2 aromatic carbocycles. The summed E-state index contributed by atoms with van der Waals surface area (Å²) < 4.78 is 18.8. The lowest BCUT2D eigenvalue weighted by molar-refractivity contribution is 0.102. The van der Waals surface area contributed by atoms with Gasteiger partial charge in [0, 0.05) is 26.9 Å². The van der Waals surface area contributed by atoms with Gasteiger partial charge in [-0.3, -0.25) is 9.00 Å². The first-order valence-electron chi connectivity index (χ1n) is 8.22. The summed E-state index contributed by atoms with van der Waals surface area (Å²) in [6.45, 7) is 0. The molecule has 0 aliphatic carbocycles. The highest BCUT2D eigenvalue weighted by Crippen LogP contribution is 2.32. The highest BCUT2D eigenvalue weighted by molar-refractivity contribution is 7.83. The first-order chi connectivity index (χ1) is 13.0. The van der Waals surface area contributed by atoms with Gasteiger partial charge >= 0.3 is 0 Å². The molecule has 0 radical (unpaired) electrons. The molecule has 6 nitrogen and oxygen atoms in total. The zero-order valence-electron chi connectivity index (χ0n) is 14.4. The highest BCUT2D eigenvalue weighted by atomic mass is 35.5. The maximum atomic E-state index is 12.7. The topological polar surface area (TPSA) is 73.2 Å². The quantitative estimate of drug-likeness (QED) is 0.725. The third kappa shape index (κ3) is 3.48. The summed E-state index contributed by atoms with van der Waals surface area (Å²) >= 11 is 5.89. The van der Waals surface area contributed by atoms with Gasteiger partial charge in [0.2, 0.25) is 0 Å². The number of carbonyl (C=O) groups is 1. The highest BCUT2D eigenvalue weighted by Gasteiger charge is 2.28. The van der Waals surface area contributed by atoms with Gasteiger partial charge in [0.25, 0.3) is 5.91 Å². The van der Waals surface area contributed by atoms with Crippen LogP contribution in [-0.2, 0) is 22.3 Å². The predicted octanol–water partition coefficient (Wildman–Crippen LogP) is 3.55. The number of aromatic nitrogens is 2. The van der Waals surface area contributed by atoms with E-state index in [9.17, 15) is 9.00 Å². The number of nitrogens with zero attached hydrogens (tertiary/aromatic N) is 2. The van der Waals surface area contributed by atoms with E-state index in [2.05, 4.69) is 10.4 Å². The molecule has 1 aliphatic heterocycles. The second-order valence-corrected chi connectivity index (χ2v) is 7.97. The molecule has 8 heteroatoms. The van der Waals surface area contributed by atoms with Gasteiger partial charge in [-0.05, 0) is 48.5 Å². The molecule has 0 bridgehead atoms. The molecule has 0 saturated heterocycles. The van der Waals surface area contributed by atoms with Crippen LogP contribution in [0.25, 0.3) is 5.69 Å². The van der Waals surface area contributed by atoms with Gasteiger partial charge in [-0.1, -0.05) is 11.6 Å². The molecule has 0 unspecified atom stereocenters. The van der Waals surface area contributed by atoms with Gasteiger partial charge in [-0.2, -0.15) is 5.10 Å². The van der Waals surface area contributed by atoms with Crippen molar-refractivity contribution in [3.63, 3.8) is 0 Å². The zero-order chi connectivity index (χ0) is 19.0. The molecule has 27 heavy (non-hydrogen) atoms. The van der Waals surface area contributed by atoms with Crippen LogP contribution in [-0.4, -0.2) is 27.0 Å². The minimum absolute atomic E-state index is 0.276. The maximum Gasteiger partial charge on any atom is 0.256 e. The van der Waals surface area contributed by atoms with Crippen molar-refractivity contribution in [2.24, 2.45) is 0 Å². The average Bonchev–Trinajstić information content (AvgIpc) is 3.19. The largest absolute Gasteiger partial charge is 0.497 e. The van der Waals surface area contributed by atoms with Crippen molar-refractivity contribution >= 4 is 34.1 Å². The van der Waals surface area contributed by atoms with Gasteiger partial charge in [-0.25, -0.2) is 4.68 Å². The summed E-state index contributed by atoms with van der Waals surface area (Å²) in [4.78, 5) is 12.7. The second-order valence-electron chi connectivity index (χ2n) is 6.07. The van der Waals surface area contributed by atoms with E-state index in [0.29, 0.717) is 27.9 Å². The number of ether oxygens (including phenoxy) is 1. The number of hydrogen-bond donors (Lipinski definition) is 1. The number of fused-ring (bicyclic) bond motifs is 1. The Morgan fingerprint density at radius 3 is 2.52 bits per heavy atom. The molecule has 4 rings (SSSR count). The first kappa shape index (κ1) is 17.8. The number of halogens is 1. The lowest BCUT2D eigenvalue weighted by atomic mass is 10.2. The number of methoxy groups -OCH3 is 1. The Morgan fingerprint density at radius 1 is 1.15 bits per heavy atom. The molecular formula is C19H16ClN3O3S. The molecule has 2 heterocycles. The Morgan fingerprint density at radius 2 is 1.85 bits per heavy atom. The lowest BCUT2D eigenvalue weighted by Gasteiger charge is -2.11. The van der Waals surface area contributed by atoms with Crippen molar-refractivity contribution in [1.29, 1.82) is 0 Å². The van der Waals surface area contributed by atoms with Gasteiger partial charge in [0.15, 0.2) is 0 Å². The lowest BCUT2D eigenvalue weighted by Crippen LogP contribution is -2.16. The molecule has 0 saturated carbocycles. The molecule has 3 aromatic rings. The summed E-state index contributed by atoms with van der Waals surface area (Å²) in [5.41, 5.74) is 2.82. The Hall–Kier alpha value is -2.64. The van der Waals surface area contributed by atoms with Gasteiger partial charge in [-0.15, -0.1) is 0 Å². The van der Waals surface area contributed by atoms with E-state index in [1.165, 1.54) is 0 Å². The number of rotatable bonds is 4. The van der Waals surface area contributed by atoms with Crippen LogP contribution in [0.2, 0.25) is 5.02 Å². The Balaban J connectivity index is 1.72. The fourth-order valence-electron chi connectivity index (χ4n) is 2.95.